The summed E-state index contributed by atoms with van der Waals surface area (Å²) in [4.78, 5) is 31.9. The van der Waals surface area contributed by atoms with Gasteiger partial charge in [-0.1, -0.05) is 43.3 Å². The van der Waals surface area contributed by atoms with Crippen molar-refractivity contribution in [3.8, 4) is 28.6 Å². The monoisotopic (exact) mass is 525 g/mol. The van der Waals surface area contributed by atoms with Gasteiger partial charge in [-0.2, -0.15) is 5.26 Å². The zero-order valence-corrected chi connectivity index (χ0v) is 21.5. The molecule has 0 atom stereocenters. The third-order valence-corrected chi connectivity index (χ3v) is 7.41. The van der Waals surface area contributed by atoms with Gasteiger partial charge in [0.2, 0.25) is 0 Å². The fourth-order valence-corrected chi connectivity index (χ4v) is 5.44. The molecule has 5 aromatic rings. The van der Waals surface area contributed by atoms with Gasteiger partial charge in [0, 0.05) is 24.1 Å². The molecule has 0 aliphatic heterocycles. The average Bonchev–Trinajstić information content (AvgIpc) is 3.36. The lowest BCUT2D eigenvalue weighted by Gasteiger charge is -2.13. The van der Waals surface area contributed by atoms with Crippen molar-refractivity contribution in [3.05, 3.63) is 106 Å². The number of nitrogens with zero attached hydrogens (tertiary/aromatic N) is 5. The first-order valence-electron chi connectivity index (χ1n) is 11.9. The molecule has 0 fully saturated rings. The predicted octanol–water partition coefficient (Wildman–Crippen LogP) is 3.69. The lowest BCUT2D eigenvalue weighted by atomic mass is 10.1. The van der Waals surface area contributed by atoms with Crippen LogP contribution in [0.2, 0.25) is 0 Å². The fraction of sp³-hybridized carbons (Fsp3) is 0.143. The summed E-state index contributed by atoms with van der Waals surface area (Å²) in [7, 11) is -3.46. The van der Waals surface area contributed by atoms with Gasteiger partial charge in [-0.15, -0.1) is 0 Å². The molecule has 0 N–H and O–H groups in total. The minimum absolute atomic E-state index is 0.195. The Kier molecular flexibility index (Phi) is 6.30. The summed E-state index contributed by atoms with van der Waals surface area (Å²) in [5.41, 5.74) is 1.90. The molecule has 2 heterocycles. The maximum atomic E-state index is 13.8. The number of nitriles is 1. The third kappa shape index (κ3) is 4.23. The predicted molar refractivity (Wildman–Crippen MR) is 144 cm³/mol. The second-order valence-corrected chi connectivity index (χ2v) is 10.8. The Morgan fingerprint density at radius 2 is 1.68 bits per heavy atom. The van der Waals surface area contributed by atoms with Gasteiger partial charge >= 0.3 is 5.69 Å². The summed E-state index contributed by atoms with van der Waals surface area (Å²) in [6.45, 7) is 2.28. The molecule has 9 nitrogen and oxygen atoms in total. The lowest BCUT2D eigenvalue weighted by molar-refractivity contribution is 0.602. The molecule has 0 spiro atoms. The summed E-state index contributed by atoms with van der Waals surface area (Å²) in [5, 5.41) is 9.32. The van der Waals surface area contributed by atoms with Gasteiger partial charge in [-0.25, -0.2) is 22.8 Å². The van der Waals surface area contributed by atoms with E-state index in [1.807, 2.05) is 6.92 Å². The van der Waals surface area contributed by atoms with Crippen molar-refractivity contribution in [2.24, 2.45) is 0 Å². The average molecular weight is 526 g/mol. The molecule has 3 aromatic carbocycles. The smallest absolute Gasteiger partial charge is 0.293 e. The molecular weight excluding hydrogens is 502 g/mol. The van der Waals surface area contributed by atoms with Gasteiger partial charge in [0.25, 0.3) is 5.56 Å². The summed E-state index contributed by atoms with van der Waals surface area (Å²) in [6.07, 6.45) is 3.27. The van der Waals surface area contributed by atoms with E-state index in [0.29, 0.717) is 41.0 Å². The number of fused-ring (bicyclic) bond motifs is 1. The van der Waals surface area contributed by atoms with Crippen molar-refractivity contribution >= 4 is 21.0 Å². The molecule has 38 heavy (non-hydrogen) atoms. The standard InChI is InChI=1S/C28H23N5O4S/c1-3-15-31-26-25(32(18-30-26)22-8-6-7-19(16-22)17-29)27(34)33(28(31)35)21-13-11-20(12-14-21)23-9-4-5-10-24(23)38(2,36)37/h4-14,16,18H,3,15H2,1-2H3. The minimum Gasteiger partial charge on any atom is -0.293 e. The lowest BCUT2D eigenvalue weighted by Crippen LogP contribution is -2.39. The first-order chi connectivity index (χ1) is 18.2. The van der Waals surface area contributed by atoms with E-state index in [-0.39, 0.29) is 16.1 Å². The Bertz CT molecular complexity index is 1960. The van der Waals surface area contributed by atoms with Gasteiger partial charge in [0.1, 0.15) is 6.33 Å². The van der Waals surface area contributed by atoms with Crippen molar-refractivity contribution in [2.75, 3.05) is 6.26 Å². The molecule has 0 unspecified atom stereocenters. The molecular formula is C28H23N5O4S. The van der Waals surface area contributed by atoms with E-state index in [1.165, 1.54) is 10.9 Å². The maximum absolute atomic E-state index is 13.8. The number of aromatic nitrogens is 4. The van der Waals surface area contributed by atoms with Crippen LogP contribution in [-0.4, -0.2) is 33.4 Å². The molecule has 2 aromatic heterocycles. The number of hydrogen-bond donors (Lipinski definition) is 0. The van der Waals surface area contributed by atoms with E-state index in [9.17, 15) is 23.3 Å². The normalized spacial score (nSPS) is 11.5. The summed E-state index contributed by atoms with van der Waals surface area (Å²) in [5.74, 6) is 0. The van der Waals surface area contributed by atoms with Crippen LogP contribution in [0.4, 0.5) is 0 Å². The highest BCUT2D eigenvalue weighted by Gasteiger charge is 2.20. The topological polar surface area (TPSA) is 120 Å². The quantitative estimate of drug-likeness (QED) is 0.334. The number of sulfone groups is 1. The second kappa shape index (κ2) is 9.61. The van der Waals surface area contributed by atoms with Crippen LogP contribution in [0.5, 0.6) is 0 Å². The molecule has 0 radical (unpaired) electrons. The van der Waals surface area contributed by atoms with Crippen molar-refractivity contribution < 1.29 is 8.42 Å². The van der Waals surface area contributed by atoms with E-state index in [4.69, 9.17) is 0 Å². The van der Waals surface area contributed by atoms with E-state index >= 15 is 0 Å². The van der Waals surface area contributed by atoms with Gasteiger partial charge in [0.15, 0.2) is 21.0 Å². The minimum atomic E-state index is -3.46. The van der Waals surface area contributed by atoms with Crippen LogP contribution < -0.4 is 11.2 Å². The first kappa shape index (κ1) is 24.9. The summed E-state index contributed by atoms with van der Waals surface area (Å²) in [6, 6.07) is 22.2. The molecule has 0 bridgehead atoms. The molecule has 0 amide bonds. The Morgan fingerprint density at radius 3 is 2.37 bits per heavy atom. The highest BCUT2D eigenvalue weighted by molar-refractivity contribution is 7.90. The molecule has 190 valence electrons. The van der Waals surface area contributed by atoms with Crippen LogP contribution in [0.15, 0.2) is 93.6 Å². The number of rotatable bonds is 6. The zero-order chi connectivity index (χ0) is 27.0. The van der Waals surface area contributed by atoms with Crippen LogP contribution in [0.25, 0.3) is 33.7 Å². The van der Waals surface area contributed by atoms with Crippen LogP contribution in [-0.2, 0) is 16.4 Å². The second-order valence-electron chi connectivity index (χ2n) is 8.84. The van der Waals surface area contributed by atoms with Crippen molar-refractivity contribution in [2.45, 2.75) is 24.8 Å². The Labute approximate surface area is 218 Å². The maximum Gasteiger partial charge on any atom is 0.337 e. The summed E-state index contributed by atoms with van der Waals surface area (Å²) < 4.78 is 28.7. The molecule has 5 rings (SSSR count). The number of benzene rings is 3. The van der Waals surface area contributed by atoms with Gasteiger partial charge in [-0.05, 0) is 48.4 Å². The highest BCUT2D eigenvalue weighted by atomic mass is 32.2. The number of imidazole rings is 1. The van der Waals surface area contributed by atoms with Gasteiger partial charge in [0.05, 0.1) is 22.2 Å². The van der Waals surface area contributed by atoms with Crippen LogP contribution in [0.3, 0.4) is 0 Å². The Balaban J connectivity index is 1.73. The molecule has 0 aliphatic carbocycles. The Morgan fingerprint density at radius 1 is 0.947 bits per heavy atom. The highest BCUT2D eigenvalue weighted by Crippen LogP contribution is 2.28. The zero-order valence-electron chi connectivity index (χ0n) is 20.7. The SMILES string of the molecule is CCCn1c(=O)n(-c2ccc(-c3ccccc3S(C)(=O)=O)cc2)c(=O)c2c1ncn2-c1cccc(C#N)c1. The van der Waals surface area contributed by atoms with Crippen LogP contribution in [0.1, 0.15) is 18.9 Å². The number of aryl methyl sites for hydroxylation is 1. The summed E-state index contributed by atoms with van der Waals surface area (Å²) >= 11 is 0. The van der Waals surface area contributed by atoms with Crippen molar-refractivity contribution in [1.82, 2.24) is 18.7 Å². The van der Waals surface area contributed by atoms with Crippen molar-refractivity contribution in [1.29, 1.82) is 5.26 Å². The molecule has 10 heteroatoms. The first-order valence-corrected chi connectivity index (χ1v) is 13.8. The molecule has 0 saturated carbocycles. The van der Waals surface area contributed by atoms with E-state index in [2.05, 4.69) is 11.1 Å². The largest absolute Gasteiger partial charge is 0.337 e. The third-order valence-electron chi connectivity index (χ3n) is 6.26. The molecule has 0 aliphatic rings. The van der Waals surface area contributed by atoms with E-state index in [1.54, 1.807) is 77.4 Å². The van der Waals surface area contributed by atoms with Gasteiger partial charge < -0.3 is 0 Å². The van der Waals surface area contributed by atoms with Gasteiger partial charge in [-0.3, -0.25) is 13.9 Å². The Hall–Kier alpha value is -4.75. The van der Waals surface area contributed by atoms with E-state index in [0.717, 1.165) is 10.8 Å². The number of hydrogen-bond acceptors (Lipinski definition) is 6. The van der Waals surface area contributed by atoms with Crippen molar-refractivity contribution in [3.63, 3.8) is 0 Å². The van der Waals surface area contributed by atoms with Crippen LogP contribution >= 0.6 is 0 Å². The molecule has 0 saturated heterocycles. The van der Waals surface area contributed by atoms with E-state index < -0.39 is 21.1 Å². The van der Waals surface area contributed by atoms with Crippen LogP contribution in [0, 0.1) is 11.3 Å². The fourth-order valence-electron chi connectivity index (χ4n) is 4.53.